The summed E-state index contributed by atoms with van der Waals surface area (Å²) in [6.07, 6.45) is 0.0230. The fourth-order valence-electron chi connectivity index (χ4n) is 3.12. The molecule has 2 aromatic carbocycles. The minimum atomic E-state index is -1.15. The van der Waals surface area contributed by atoms with Gasteiger partial charge in [-0.1, -0.05) is 0 Å². The quantitative estimate of drug-likeness (QED) is 0.645. The minimum Gasteiger partial charge on any atom is -0.497 e. The van der Waals surface area contributed by atoms with E-state index in [-0.39, 0.29) is 17.7 Å². The van der Waals surface area contributed by atoms with Crippen molar-refractivity contribution in [2.45, 2.75) is 6.42 Å². The zero-order valence-electron chi connectivity index (χ0n) is 16.4. The predicted molar refractivity (Wildman–Crippen MR) is 105 cm³/mol. The molecule has 3 aromatic rings. The Hall–Kier alpha value is -3.68. The molecule has 0 radical (unpaired) electrons. The van der Waals surface area contributed by atoms with E-state index < -0.39 is 11.6 Å². The molecule has 1 heterocycles. The Labute approximate surface area is 166 Å². The molecule has 0 fully saturated rings. The van der Waals surface area contributed by atoms with Crippen LogP contribution >= 0.6 is 0 Å². The van der Waals surface area contributed by atoms with Gasteiger partial charge in [0, 0.05) is 29.5 Å². The third-order valence-electron chi connectivity index (χ3n) is 4.54. The number of fused-ring (bicyclic) bond motifs is 1. The molecule has 0 saturated heterocycles. The van der Waals surface area contributed by atoms with Crippen molar-refractivity contribution in [2.24, 2.45) is 0 Å². The molecule has 0 bridgehead atoms. The molecular weight excluding hydrogens is 380 g/mol. The SMILES string of the molecule is COc1cc(OC)c(Cc2cc3c(OC)cc(OC)cc3c(=O)o2)c(C(=O)O)c1. The molecular formula is C21H20O8. The van der Waals surface area contributed by atoms with Crippen molar-refractivity contribution in [1.82, 2.24) is 0 Å². The van der Waals surface area contributed by atoms with Gasteiger partial charge >= 0.3 is 11.6 Å². The van der Waals surface area contributed by atoms with Crippen molar-refractivity contribution >= 4 is 16.7 Å². The van der Waals surface area contributed by atoms with Gasteiger partial charge in [-0.15, -0.1) is 0 Å². The van der Waals surface area contributed by atoms with Gasteiger partial charge in [0.1, 0.15) is 28.8 Å². The van der Waals surface area contributed by atoms with E-state index >= 15 is 0 Å². The molecule has 8 nitrogen and oxygen atoms in total. The summed E-state index contributed by atoms with van der Waals surface area (Å²) in [5.74, 6) is 0.663. The number of methoxy groups -OCH3 is 4. The maximum atomic E-state index is 12.6. The van der Waals surface area contributed by atoms with Crippen LogP contribution in [-0.2, 0) is 6.42 Å². The van der Waals surface area contributed by atoms with E-state index in [1.54, 1.807) is 24.3 Å². The predicted octanol–water partition coefficient (Wildman–Crippen LogP) is 3.12. The van der Waals surface area contributed by atoms with Gasteiger partial charge in [-0.25, -0.2) is 9.59 Å². The van der Waals surface area contributed by atoms with Crippen LogP contribution in [0.2, 0.25) is 0 Å². The number of hydrogen-bond acceptors (Lipinski definition) is 7. The van der Waals surface area contributed by atoms with Crippen LogP contribution in [0.5, 0.6) is 23.0 Å². The molecule has 0 aliphatic rings. The molecule has 152 valence electrons. The minimum absolute atomic E-state index is 0.00866. The second-order valence-corrected chi connectivity index (χ2v) is 6.13. The van der Waals surface area contributed by atoms with E-state index in [2.05, 4.69) is 0 Å². The molecule has 8 heteroatoms. The fourth-order valence-corrected chi connectivity index (χ4v) is 3.12. The molecule has 1 N–H and O–H groups in total. The highest BCUT2D eigenvalue weighted by Crippen LogP contribution is 2.33. The average Bonchev–Trinajstić information content (AvgIpc) is 2.72. The van der Waals surface area contributed by atoms with E-state index in [0.717, 1.165) is 0 Å². The summed E-state index contributed by atoms with van der Waals surface area (Å²) < 4.78 is 26.5. The van der Waals surface area contributed by atoms with Crippen LogP contribution in [0.3, 0.4) is 0 Å². The molecule has 3 rings (SSSR count). The Bertz CT molecular complexity index is 1130. The third-order valence-corrected chi connectivity index (χ3v) is 4.54. The first-order valence-electron chi connectivity index (χ1n) is 8.58. The molecule has 1 aromatic heterocycles. The zero-order chi connectivity index (χ0) is 21.1. The Morgan fingerprint density at radius 3 is 2.07 bits per heavy atom. The van der Waals surface area contributed by atoms with Crippen molar-refractivity contribution < 1.29 is 33.3 Å². The van der Waals surface area contributed by atoms with Gasteiger partial charge in [-0.3, -0.25) is 0 Å². The summed E-state index contributed by atoms with van der Waals surface area (Å²) in [7, 11) is 5.83. The Kier molecular flexibility index (Phi) is 5.63. The fraction of sp³-hybridized carbons (Fsp3) is 0.238. The lowest BCUT2D eigenvalue weighted by molar-refractivity contribution is 0.0695. The lowest BCUT2D eigenvalue weighted by Gasteiger charge is -2.14. The monoisotopic (exact) mass is 400 g/mol. The van der Waals surface area contributed by atoms with Gasteiger partial charge < -0.3 is 28.5 Å². The van der Waals surface area contributed by atoms with Crippen molar-refractivity contribution in [3.05, 3.63) is 57.6 Å². The third kappa shape index (κ3) is 3.82. The van der Waals surface area contributed by atoms with Crippen LogP contribution in [0.15, 0.2) is 39.5 Å². The lowest BCUT2D eigenvalue weighted by atomic mass is 10.00. The first-order chi connectivity index (χ1) is 13.9. The Morgan fingerprint density at radius 1 is 0.862 bits per heavy atom. The molecule has 0 unspecified atom stereocenters. The zero-order valence-corrected chi connectivity index (χ0v) is 16.4. The van der Waals surface area contributed by atoms with Crippen LogP contribution in [0.4, 0.5) is 0 Å². The molecule has 0 aliphatic carbocycles. The summed E-state index contributed by atoms with van der Waals surface area (Å²) in [4.78, 5) is 24.3. The second-order valence-electron chi connectivity index (χ2n) is 6.13. The van der Waals surface area contributed by atoms with Gasteiger partial charge in [0.15, 0.2) is 0 Å². The highest BCUT2D eigenvalue weighted by Gasteiger charge is 2.20. The molecule has 0 saturated carbocycles. The summed E-state index contributed by atoms with van der Waals surface area (Å²) in [5.41, 5.74) is -0.236. The first kappa shape index (κ1) is 20.1. The van der Waals surface area contributed by atoms with Crippen LogP contribution < -0.4 is 24.6 Å². The topological polar surface area (TPSA) is 104 Å². The highest BCUT2D eigenvalue weighted by atomic mass is 16.5. The van der Waals surface area contributed by atoms with Gasteiger partial charge in [-0.05, 0) is 18.2 Å². The van der Waals surface area contributed by atoms with Crippen LogP contribution in [0, 0.1) is 0 Å². The number of carboxylic acids is 1. The smallest absolute Gasteiger partial charge is 0.344 e. The van der Waals surface area contributed by atoms with Crippen LogP contribution in [0.1, 0.15) is 21.7 Å². The number of rotatable bonds is 7. The number of benzene rings is 2. The molecule has 29 heavy (non-hydrogen) atoms. The maximum absolute atomic E-state index is 12.6. The van der Waals surface area contributed by atoms with E-state index in [1.807, 2.05) is 0 Å². The number of aromatic carboxylic acids is 1. The molecule has 0 spiro atoms. The second kappa shape index (κ2) is 8.14. The standard InChI is InChI=1S/C21H20O8/c1-25-11-5-16(20(22)23)14(18(9-11)27-3)7-13-8-15-17(21(24)29-13)6-12(26-2)10-19(15)28-4/h5-6,8-10H,7H2,1-4H3,(H,22,23). The van der Waals surface area contributed by atoms with Crippen molar-refractivity contribution in [2.75, 3.05) is 28.4 Å². The van der Waals surface area contributed by atoms with Gasteiger partial charge in [0.05, 0.1) is 39.4 Å². The van der Waals surface area contributed by atoms with Gasteiger partial charge in [0.25, 0.3) is 0 Å². The van der Waals surface area contributed by atoms with Crippen molar-refractivity contribution in [3.8, 4) is 23.0 Å². The highest BCUT2D eigenvalue weighted by molar-refractivity contribution is 5.91. The maximum Gasteiger partial charge on any atom is 0.344 e. The molecule has 0 amide bonds. The molecule has 0 aliphatic heterocycles. The van der Waals surface area contributed by atoms with Crippen molar-refractivity contribution in [3.63, 3.8) is 0 Å². The summed E-state index contributed by atoms with van der Waals surface area (Å²) in [5, 5.41) is 10.4. The summed E-state index contributed by atoms with van der Waals surface area (Å²) in [6, 6.07) is 7.83. The Morgan fingerprint density at radius 2 is 1.48 bits per heavy atom. The Balaban J connectivity index is 2.18. The lowest BCUT2D eigenvalue weighted by Crippen LogP contribution is -2.09. The van der Waals surface area contributed by atoms with Crippen LogP contribution in [-0.4, -0.2) is 39.5 Å². The number of carboxylic acid groups (broad SMARTS) is 1. The van der Waals surface area contributed by atoms with Crippen molar-refractivity contribution in [1.29, 1.82) is 0 Å². The average molecular weight is 400 g/mol. The van der Waals surface area contributed by atoms with E-state index in [9.17, 15) is 14.7 Å². The summed E-state index contributed by atoms with van der Waals surface area (Å²) in [6.45, 7) is 0. The normalized spacial score (nSPS) is 10.6. The number of hydrogen-bond donors (Lipinski definition) is 1. The van der Waals surface area contributed by atoms with E-state index in [4.69, 9.17) is 23.4 Å². The number of ether oxygens (including phenoxy) is 4. The van der Waals surface area contributed by atoms with E-state index in [0.29, 0.717) is 39.3 Å². The van der Waals surface area contributed by atoms with Crippen LogP contribution in [0.25, 0.3) is 10.8 Å². The van der Waals surface area contributed by atoms with E-state index in [1.165, 1.54) is 34.5 Å². The summed E-state index contributed by atoms with van der Waals surface area (Å²) >= 11 is 0. The van der Waals surface area contributed by atoms with Gasteiger partial charge in [-0.2, -0.15) is 0 Å². The first-order valence-corrected chi connectivity index (χ1v) is 8.58. The number of carbonyl (C=O) groups is 1. The van der Waals surface area contributed by atoms with Gasteiger partial charge in [0.2, 0.25) is 0 Å². The molecule has 0 atom stereocenters. The largest absolute Gasteiger partial charge is 0.497 e.